The molecule has 0 radical (unpaired) electrons. The number of carboxylic acid groups (broad SMARTS) is 1. The number of urea groups is 1. The molecule has 0 aromatic rings. The summed E-state index contributed by atoms with van der Waals surface area (Å²) >= 11 is 0. The molecule has 2 atom stereocenters. The summed E-state index contributed by atoms with van der Waals surface area (Å²) in [5.41, 5.74) is 0. The first kappa shape index (κ1) is 15.7. The SMILES string of the molecule is CCC[C@@H](NC(=O)N(C)C(C)COC)C(=O)O. The second-order valence-electron chi connectivity index (χ2n) is 4.04. The average Bonchev–Trinajstić information content (AvgIpc) is 2.27. The lowest BCUT2D eigenvalue weighted by atomic mass is 10.2. The minimum absolute atomic E-state index is 0.101. The number of nitrogens with zero attached hydrogens (tertiary/aromatic N) is 1. The molecule has 0 rings (SSSR count). The molecular weight excluding hydrogens is 224 g/mol. The van der Waals surface area contributed by atoms with E-state index < -0.39 is 18.0 Å². The van der Waals surface area contributed by atoms with E-state index in [2.05, 4.69) is 5.32 Å². The van der Waals surface area contributed by atoms with Crippen molar-refractivity contribution in [2.75, 3.05) is 20.8 Å². The highest BCUT2D eigenvalue weighted by Crippen LogP contribution is 2.01. The second kappa shape index (κ2) is 7.89. The number of carboxylic acids is 1. The Kier molecular flexibility index (Phi) is 7.29. The van der Waals surface area contributed by atoms with E-state index in [9.17, 15) is 9.59 Å². The van der Waals surface area contributed by atoms with Crippen LogP contribution in [0.3, 0.4) is 0 Å². The van der Waals surface area contributed by atoms with Gasteiger partial charge in [0.05, 0.1) is 12.6 Å². The lowest BCUT2D eigenvalue weighted by molar-refractivity contribution is -0.139. The van der Waals surface area contributed by atoms with Crippen LogP contribution in [-0.4, -0.2) is 54.9 Å². The number of hydrogen-bond donors (Lipinski definition) is 2. The highest BCUT2D eigenvalue weighted by Gasteiger charge is 2.22. The number of carbonyl (C=O) groups excluding carboxylic acids is 1. The number of likely N-dealkylation sites (N-methyl/N-ethyl adjacent to an activating group) is 1. The molecule has 17 heavy (non-hydrogen) atoms. The topological polar surface area (TPSA) is 78.9 Å². The Bertz CT molecular complexity index is 258. The predicted molar refractivity (Wildman–Crippen MR) is 64.0 cm³/mol. The minimum Gasteiger partial charge on any atom is -0.480 e. The molecule has 0 saturated carbocycles. The molecule has 0 spiro atoms. The molecule has 0 bridgehead atoms. The minimum atomic E-state index is -1.01. The van der Waals surface area contributed by atoms with Crippen molar-refractivity contribution in [1.82, 2.24) is 10.2 Å². The van der Waals surface area contributed by atoms with Crippen LogP contribution in [0.25, 0.3) is 0 Å². The average molecular weight is 246 g/mol. The van der Waals surface area contributed by atoms with Crippen LogP contribution in [0.15, 0.2) is 0 Å². The lowest BCUT2D eigenvalue weighted by Crippen LogP contribution is -2.50. The third-order valence-electron chi connectivity index (χ3n) is 2.56. The van der Waals surface area contributed by atoms with E-state index in [-0.39, 0.29) is 6.04 Å². The highest BCUT2D eigenvalue weighted by atomic mass is 16.5. The van der Waals surface area contributed by atoms with Crippen molar-refractivity contribution in [3.05, 3.63) is 0 Å². The highest BCUT2D eigenvalue weighted by molar-refractivity contribution is 5.82. The molecule has 6 nitrogen and oxygen atoms in total. The van der Waals surface area contributed by atoms with Gasteiger partial charge in [-0.1, -0.05) is 13.3 Å². The summed E-state index contributed by atoms with van der Waals surface area (Å²) in [6.07, 6.45) is 1.13. The normalized spacial score (nSPS) is 13.9. The summed E-state index contributed by atoms with van der Waals surface area (Å²) in [5, 5.41) is 11.4. The van der Waals surface area contributed by atoms with Crippen LogP contribution in [0.4, 0.5) is 4.79 Å². The first-order valence-corrected chi connectivity index (χ1v) is 5.69. The maximum absolute atomic E-state index is 11.7. The maximum Gasteiger partial charge on any atom is 0.326 e. The molecule has 0 heterocycles. The fourth-order valence-electron chi connectivity index (χ4n) is 1.35. The van der Waals surface area contributed by atoms with E-state index in [4.69, 9.17) is 9.84 Å². The van der Waals surface area contributed by atoms with Crippen molar-refractivity contribution in [3.8, 4) is 0 Å². The molecule has 0 aliphatic rings. The number of hydrogen-bond acceptors (Lipinski definition) is 3. The molecule has 2 amide bonds. The van der Waals surface area contributed by atoms with E-state index in [0.29, 0.717) is 19.4 Å². The van der Waals surface area contributed by atoms with Crippen LogP contribution in [0.2, 0.25) is 0 Å². The first-order chi connectivity index (χ1) is 7.93. The van der Waals surface area contributed by atoms with Crippen molar-refractivity contribution in [2.45, 2.75) is 38.8 Å². The number of aliphatic carboxylic acids is 1. The van der Waals surface area contributed by atoms with E-state index >= 15 is 0 Å². The van der Waals surface area contributed by atoms with E-state index in [1.165, 1.54) is 4.90 Å². The van der Waals surface area contributed by atoms with Crippen LogP contribution in [0.1, 0.15) is 26.7 Å². The van der Waals surface area contributed by atoms with Crippen molar-refractivity contribution >= 4 is 12.0 Å². The second-order valence-corrected chi connectivity index (χ2v) is 4.04. The van der Waals surface area contributed by atoms with Gasteiger partial charge in [0, 0.05) is 14.2 Å². The fourth-order valence-corrected chi connectivity index (χ4v) is 1.35. The van der Waals surface area contributed by atoms with Gasteiger partial charge < -0.3 is 20.1 Å². The molecule has 0 aromatic heterocycles. The van der Waals surface area contributed by atoms with Gasteiger partial charge >= 0.3 is 12.0 Å². The summed E-state index contributed by atoms with van der Waals surface area (Å²) < 4.78 is 4.94. The van der Waals surface area contributed by atoms with Crippen LogP contribution in [-0.2, 0) is 9.53 Å². The molecule has 0 aliphatic carbocycles. The summed E-state index contributed by atoms with van der Waals surface area (Å²) in [7, 11) is 3.17. The first-order valence-electron chi connectivity index (χ1n) is 5.69. The molecule has 100 valence electrons. The van der Waals surface area contributed by atoms with E-state index in [0.717, 1.165) is 0 Å². The number of ether oxygens (including phenoxy) is 1. The van der Waals surface area contributed by atoms with Crippen molar-refractivity contribution in [2.24, 2.45) is 0 Å². The zero-order valence-corrected chi connectivity index (χ0v) is 10.9. The Hall–Kier alpha value is -1.30. The molecule has 0 fully saturated rings. The Morgan fingerprint density at radius 2 is 2.06 bits per heavy atom. The third kappa shape index (κ3) is 5.53. The molecule has 2 N–H and O–H groups in total. The zero-order valence-electron chi connectivity index (χ0n) is 10.9. The maximum atomic E-state index is 11.7. The molecule has 0 saturated heterocycles. The van der Waals surface area contributed by atoms with E-state index in [1.54, 1.807) is 14.2 Å². The van der Waals surface area contributed by atoms with Crippen molar-refractivity contribution < 1.29 is 19.4 Å². The van der Waals surface area contributed by atoms with Gasteiger partial charge in [0.2, 0.25) is 0 Å². The van der Waals surface area contributed by atoms with Gasteiger partial charge in [0.1, 0.15) is 6.04 Å². The number of carbonyl (C=O) groups is 2. The van der Waals surface area contributed by atoms with Crippen LogP contribution >= 0.6 is 0 Å². The van der Waals surface area contributed by atoms with E-state index in [1.807, 2.05) is 13.8 Å². The quantitative estimate of drug-likeness (QED) is 0.700. The monoisotopic (exact) mass is 246 g/mol. The largest absolute Gasteiger partial charge is 0.480 e. The predicted octanol–water partition coefficient (Wildman–Crippen LogP) is 0.916. The lowest BCUT2D eigenvalue weighted by Gasteiger charge is -2.26. The summed E-state index contributed by atoms with van der Waals surface area (Å²) in [4.78, 5) is 24.1. The number of rotatable bonds is 7. The molecular formula is C11H22N2O4. The van der Waals surface area contributed by atoms with Gasteiger partial charge in [-0.15, -0.1) is 0 Å². The Labute approximate surface area is 102 Å². The van der Waals surface area contributed by atoms with Crippen LogP contribution in [0.5, 0.6) is 0 Å². The Morgan fingerprint density at radius 3 is 2.47 bits per heavy atom. The molecule has 0 aliphatic heterocycles. The number of nitrogens with one attached hydrogen (secondary N) is 1. The fraction of sp³-hybridized carbons (Fsp3) is 0.818. The summed E-state index contributed by atoms with van der Waals surface area (Å²) in [6, 6.07) is -1.32. The molecule has 1 unspecified atom stereocenters. The third-order valence-corrected chi connectivity index (χ3v) is 2.56. The van der Waals surface area contributed by atoms with Gasteiger partial charge in [0.25, 0.3) is 0 Å². The summed E-state index contributed by atoms with van der Waals surface area (Å²) in [5.74, 6) is -1.01. The number of methoxy groups -OCH3 is 1. The van der Waals surface area contributed by atoms with Gasteiger partial charge in [-0.2, -0.15) is 0 Å². The molecule has 0 aromatic carbocycles. The van der Waals surface area contributed by atoms with Gasteiger partial charge in [0.15, 0.2) is 0 Å². The van der Waals surface area contributed by atoms with Crippen molar-refractivity contribution in [1.29, 1.82) is 0 Å². The van der Waals surface area contributed by atoms with Gasteiger partial charge in [-0.05, 0) is 13.3 Å². The summed E-state index contributed by atoms with van der Waals surface area (Å²) in [6.45, 7) is 4.12. The smallest absolute Gasteiger partial charge is 0.326 e. The Morgan fingerprint density at radius 1 is 1.47 bits per heavy atom. The number of amides is 2. The van der Waals surface area contributed by atoms with Gasteiger partial charge in [-0.3, -0.25) is 0 Å². The van der Waals surface area contributed by atoms with Crippen LogP contribution < -0.4 is 5.32 Å². The van der Waals surface area contributed by atoms with Crippen LogP contribution in [0, 0.1) is 0 Å². The molecule has 6 heteroatoms. The standard InChI is InChI=1S/C11H22N2O4/c1-5-6-9(10(14)15)12-11(16)13(3)8(2)7-17-4/h8-9H,5-7H2,1-4H3,(H,12,16)(H,14,15)/t8?,9-/m1/s1. The van der Waals surface area contributed by atoms with Gasteiger partial charge in [-0.25, -0.2) is 9.59 Å². The Balaban J connectivity index is 4.34. The zero-order chi connectivity index (χ0) is 13.4. The van der Waals surface area contributed by atoms with Crippen molar-refractivity contribution in [3.63, 3.8) is 0 Å².